The Hall–Kier alpha value is -2.54. The van der Waals surface area contributed by atoms with E-state index < -0.39 is 0 Å². The lowest BCUT2D eigenvalue weighted by Crippen LogP contribution is -2.31. The van der Waals surface area contributed by atoms with Crippen molar-refractivity contribution in [2.45, 2.75) is 19.3 Å². The molecular weight excluding hydrogens is 292 g/mol. The first-order valence-electron chi connectivity index (χ1n) is 7.64. The molecule has 0 aromatic carbocycles. The van der Waals surface area contributed by atoms with Crippen molar-refractivity contribution in [1.29, 1.82) is 0 Å². The number of aryl methyl sites for hydroxylation is 1. The average molecular weight is 312 g/mol. The molecule has 0 bridgehead atoms. The number of anilines is 2. The van der Waals surface area contributed by atoms with E-state index in [1.165, 1.54) is 0 Å². The molecule has 0 radical (unpaired) electrons. The van der Waals surface area contributed by atoms with Crippen LogP contribution in [-0.4, -0.2) is 45.4 Å². The maximum Gasteiger partial charge on any atom is 0.231 e. The molecule has 23 heavy (non-hydrogen) atoms. The van der Waals surface area contributed by atoms with Gasteiger partial charge in [-0.1, -0.05) is 6.07 Å². The van der Waals surface area contributed by atoms with E-state index in [1.54, 1.807) is 6.20 Å². The lowest BCUT2D eigenvalue weighted by molar-refractivity contribution is -0.118. The molecule has 7 heteroatoms. The van der Waals surface area contributed by atoms with Crippen LogP contribution in [0.2, 0.25) is 0 Å². The van der Waals surface area contributed by atoms with Crippen LogP contribution in [-0.2, 0) is 4.79 Å². The highest BCUT2D eigenvalue weighted by molar-refractivity contribution is 5.76. The third-order valence-electron chi connectivity index (χ3n) is 3.85. The van der Waals surface area contributed by atoms with Crippen molar-refractivity contribution in [1.82, 2.24) is 19.9 Å². The Morgan fingerprint density at radius 2 is 2.26 bits per heavy atom. The Labute approximate surface area is 135 Å². The Kier molecular flexibility index (Phi) is 4.47. The van der Waals surface area contributed by atoms with Gasteiger partial charge in [0.1, 0.15) is 17.5 Å². The molecule has 3 heterocycles. The second-order valence-electron chi connectivity index (χ2n) is 5.75. The topological polar surface area (TPSA) is 97.0 Å². The summed E-state index contributed by atoms with van der Waals surface area (Å²) in [6, 6.07) is 7.64. The highest BCUT2D eigenvalue weighted by atomic mass is 16.1. The van der Waals surface area contributed by atoms with Crippen molar-refractivity contribution >= 4 is 17.5 Å². The van der Waals surface area contributed by atoms with Crippen LogP contribution < -0.4 is 11.1 Å². The number of hydrogen-bond donors (Lipinski definition) is 2. The van der Waals surface area contributed by atoms with Crippen LogP contribution in [0.3, 0.4) is 0 Å². The number of nitrogens with two attached hydrogens (primary N) is 1. The summed E-state index contributed by atoms with van der Waals surface area (Å²) in [7, 11) is 0. The van der Waals surface area contributed by atoms with E-state index in [-0.39, 0.29) is 5.91 Å². The van der Waals surface area contributed by atoms with Gasteiger partial charge in [0.25, 0.3) is 0 Å². The van der Waals surface area contributed by atoms with E-state index >= 15 is 0 Å². The Bertz CT molecular complexity index is 690. The molecule has 1 aliphatic rings. The van der Waals surface area contributed by atoms with Crippen LogP contribution in [0.5, 0.6) is 0 Å². The summed E-state index contributed by atoms with van der Waals surface area (Å²) in [5, 5.41) is 3.20. The van der Waals surface area contributed by atoms with Crippen molar-refractivity contribution < 1.29 is 4.79 Å². The molecular formula is C16H20N6O. The molecule has 1 unspecified atom stereocenters. The van der Waals surface area contributed by atoms with Crippen LogP contribution in [0, 0.1) is 6.92 Å². The summed E-state index contributed by atoms with van der Waals surface area (Å²) in [4.78, 5) is 26.3. The molecule has 3 N–H and O–H groups in total. The van der Waals surface area contributed by atoms with Gasteiger partial charge < -0.3 is 11.1 Å². The van der Waals surface area contributed by atoms with Gasteiger partial charge in [0.05, 0.1) is 12.2 Å². The monoisotopic (exact) mass is 312 g/mol. The van der Waals surface area contributed by atoms with Gasteiger partial charge in [-0.15, -0.1) is 0 Å². The molecule has 1 atom stereocenters. The van der Waals surface area contributed by atoms with E-state index in [9.17, 15) is 4.79 Å². The van der Waals surface area contributed by atoms with Crippen LogP contribution in [0.4, 0.5) is 11.6 Å². The number of likely N-dealkylation sites (tertiary alicyclic amines) is 1. The second kappa shape index (κ2) is 6.70. The lowest BCUT2D eigenvalue weighted by Gasteiger charge is -2.14. The summed E-state index contributed by atoms with van der Waals surface area (Å²) in [5.74, 6) is 2.20. The molecule has 7 nitrogen and oxygen atoms in total. The van der Waals surface area contributed by atoms with Crippen LogP contribution in [0.25, 0.3) is 0 Å². The highest BCUT2D eigenvalue weighted by Crippen LogP contribution is 2.27. The minimum absolute atomic E-state index is 0.290. The number of carbonyl (C=O) groups is 1. The van der Waals surface area contributed by atoms with Crippen molar-refractivity contribution in [2.24, 2.45) is 5.73 Å². The Balaban J connectivity index is 1.74. The van der Waals surface area contributed by atoms with Crippen LogP contribution in [0.1, 0.15) is 23.9 Å². The molecule has 2 aromatic rings. The fraction of sp³-hybridized carbons (Fsp3) is 0.375. The zero-order chi connectivity index (χ0) is 16.2. The molecule has 0 saturated carbocycles. The van der Waals surface area contributed by atoms with Crippen molar-refractivity contribution in [2.75, 3.05) is 25.0 Å². The zero-order valence-corrected chi connectivity index (χ0v) is 13.1. The summed E-state index contributed by atoms with van der Waals surface area (Å²) in [6.45, 7) is 3.84. The first kappa shape index (κ1) is 15.4. The maximum atomic E-state index is 11.0. The Morgan fingerprint density at radius 3 is 3.00 bits per heavy atom. The van der Waals surface area contributed by atoms with E-state index in [1.807, 2.05) is 31.2 Å². The number of nitrogens with one attached hydrogen (secondary N) is 1. The van der Waals surface area contributed by atoms with Gasteiger partial charge >= 0.3 is 0 Å². The number of primary amides is 1. The predicted molar refractivity (Wildman–Crippen MR) is 87.3 cm³/mol. The minimum Gasteiger partial charge on any atom is -0.369 e. The summed E-state index contributed by atoms with van der Waals surface area (Å²) >= 11 is 0. The fourth-order valence-electron chi connectivity index (χ4n) is 2.87. The molecule has 2 aromatic heterocycles. The summed E-state index contributed by atoms with van der Waals surface area (Å²) in [6.07, 6.45) is 2.70. The fourth-order valence-corrected chi connectivity index (χ4v) is 2.87. The van der Waals surface area contributed by atoms with Gasteiger partial charge in [0.15, 0.2) is 0 Å². The van der Waals surface area contributed by atoms with Gasteiger partial charge in [-0.3, -0.25) is 9.69 Å². The first-order valence-corrected chi connectivity index (χ1v) is 7.64. The molecule has 0 spiro atoms. The van der Waals surface area contributed by atoms with Gasteiger partial charge in [0, 0.05) is 24.7 Å². The number of nitrogens with zero attached hydrogens (tertiary/aromatic N) is 4. The van der Waals surface area contributed by atoms with E-state index in [4.69, 9.17) is 5.73 Å². The smallest absolute Gasteiger partial charge is 0.231 e. The minimum atomic E-state index is -0.290. The standard InChI is InChI=1S/C16H20N6O/c1-11-19-13(12-5-7-22(9-12)10-14(17)23)8-16(20-11)21-15-4-2-3-6-18-15/h2-4,6,8,12H,5,7,9-10H2,1H3,(H2,17,23)(H,18,19,20,21). The van der Waals surface area contributed by atoms with Gasteiger partial charge in [-0.2, -0.15) is 0 Å². The van der Waals surface area contributed by atoms with E-state index in [0.29, 0.717) is 18.3 Å². The van der Waals surface area contributed by atoms with Gasteiger partial charge in [0.2, 0.25) is 5.91 Å². The van der Waals surface area contributed by atoms with Crippen molar-refractivity contribution in [3.8, 4) is 0 Å². The molecule has 120 valence electrons. The predicted octanol–water partition coefficient (Wildman–Crippen LogP) is 1.20. The van der Waals surface area contributed by atoms with Crippen molar-refractivity contribution in [3.63, 3.8) is 0 Å². The zero-order valence-electron chi connectivity index (χ0n) is 13.1. The Morgan fingerprint density at radius 1 is 1.39 bits per heavy atom. The highest BCUT2D eigenvalue weighted by Gasteiger charge is 2.26. The number of rotatable bonds is 5. The number of pyridine rings is 1. The molecule has 1 amide bonds. The van der Waals surface area contributed by atoms with Crippen molar-refractivity contribution in [3.05, 3.63) is 42.0 Å². The summed E-state index contributed by atoms with van der Waals surface area (Å²) < 4.78 is 0. The van der Waals surface area contributed by atoms with Gasteiger partial charge in [-0.25, -0.2) is 15.0 Å². The quantitative estimate of drug-likeness (QED) is 0.861. The normalized spacial score (nSPS) is 18.0. The number of amides is 1. The SMILES string of the molecule is Cc1nc(Nc2ccccn2)cc(C2CCN(CC(N)=O)C2)n1. The third-order valence-corrected chi connectivity index (χ3v) is 3.85. The second-order valence-corrected chi connectivity index (χ2v) is 5.75. The number of aromatic nitrogens is 3. The first-order chi connectivity index (χ1) is 11.1. The van der Waals surface area contributed by atoms with E-state index in [0.717, 1.165) is 36.8 Å². The molecule has 1 saturated heterocycles. The molecule has 1 fully saturated rings. The molecule has 3 rings (SSSR count). The molecule has 1 aliphatic heterocycles. The number of hydrogen-bond acceptors (Lipinski definition) is 6. The average Bonchev–Trinajstić information content (AvgIpc) is 2.95. The largest absolute Gasteiger partial charge is 0.369 e. The third kappa shape index (κ3) is 4.01. The number of carbonyl (C=O) groups excluding carboxylic acids is 1. The van der Waals surface area contributed by atoms with Gasteiger partial charge in [-0.05, 0) is 32.0 Å². The molecule has 0 aliphatic carbocycles. The van der Waals surface area contributed by atoms with Crippen LogP contribution >= 0.6 is 0 Å². The maximum absolute atomic E-state index is 11.0. The van der Waals surface area contributed by atoms with E-state index in [2.05, 4.69) is 25.2 Å². The van der Waals surface area contributed by atoms with Crippen LogP contribution in [0.15, 0.2) is 30.5 Å². The lowest BCUT2D eigenvalue weighted by atomic mass is 10.0. The summed E-state index contributed by atoms with van der Waals surface area (Å²) in [5.41, 5.74) is 6.26.